The van der Waals surface area contributed by atoms with Crippen LogP contribution in [0.3, 0.4) is 0 Å². The summed E-state index contributed by atoms with van der Waals surface area (Å²) in [7, 11) is 0. The van der Waals surface area contributed by atoms with E-state index in [9.17, 15) is 10.1 Å². The molecule has 0 spiro atoms. The summed E-state index contributed by atoms with van der Waals surface area (Å²) in [6.45, 7) is 5.41. The summed E-state index contributed by atoms with van der Waals surface area (Å²) in [6, 6.07) is 18.3. The van der Waals surface area contributed by atoms with E-state index in [0.29, 0.717) is 11.4 Å². The van der Waals surface area contributed by atoms with Crippen LogP contribution >= 0.6 is 0 Å². The van der Waals surface area contributed by atoms with E-state index in [2.05, 4.69) is 0 Å². The Morgan fingerprint density at radius 1 is 0.957 bits per heavy atom. The summed E-state index contributed by atoms with van der Waals surface area (Å²) in [5.41, 5.74) is 1.55. The number of benzene rings is 2. The molecule has 1 atom stereocenters. The number of nitroso groups, excluding NO2 is 1. The lowest BCUT2D eigenvalue weighted by molar-refractivity contribution is -0.514. The van der Waals surface area contributed by atoms with Crippen LogP contribution < -0.4 is 0 Å². The van der Waals surface area contributed by atoms with Crippen LogP contribution in [0, 0.1) is 10.1 Å². The third-order valence-corrected chi connectivity index (χ3v) is 4.64. The molecule has 1 aliphatic heterocycles. The molecule has 0 saturated carbocycles. The van der Waals surface area contributed by atoms with Crippen LogP contribution in [0.25, 0.3) is 11.4 Å². The second kappa shape index (κ2) is 5.63. The largest absolute Gasteiger partial charge is 0.758 e. The monoisotopic (exact) mass is 308 g/mol. The van der Waals surface area contributed by atoms with E-state index in [1.54, 1.807) is 20.8 Å². The fourth-order valence-corrected chi connectivity index (χ4v) is 2.85. The standard InChI is InChI=1S/C19H20N2O2/c1-14-19(2,3)21(23)18(16-12-8-5-9-13-16)17(20(14)22)15-10-6-4-7-11-15/h4-14H,1-3H3/t14-/m1/s1. The van der Waals surface area contributed by atoms with Crippen molar-refractivity contribution >= 4 is 11.4 Å². The highest BCUT2D eigenvalue weighted by Gasteiger charge is 2.48. The van der Waals surface area contributed by atoms with Crippen molar-refractivity contribution < 1.29 is 4.76 Å². The molecular formula is C19H20N2O2. The second-order valence-electron chi connectivity index (χ2n) is 6.38. The highest BCUT2D eigenvalue weighted by Crippen LogP contribution is 2.41. The van der Waals surface area contributed by atoms with Gasteiger partial charge in [0.15, 0.2) is 0 Å². The molecule has 4 heteroatoms. The maximum atomic E-state index is 13.1. The Bertz CT molecular complexity index is 751. The predicted molar refractivity (Wildman–Crippen MR) is 92.1 cm³/mol. The molecule has 1 heterocycles. The second-order valence-corrected chi connectivity index (χ2v) is 6.38. The molecule has 2 aromatic carbocycles. The average Bonchev–Trinajstić information content (AvgIpc) is 2.58. The minimum atomic E-state index is -0.814. The number of rotatable bonds is 2. The van der Waals surface area contributed by atoms with Gasteiger partial charge in [-0.2, -0.15) is 0 Å². The Morgan fingerprint density at radius 2 is 1.43 bits per heavy atom. The van der Waals surface area contributed by atoms with E-state index in [1.807, 2.05) is 60.7 Å². The Hall–Kier alpha value is -2.46. The van der Waals surface area contributed by atoms with Gasteiger partial charge in [0, 0.05) is 22.2 Å². The molecule has 118 valence electrons. The summed E-state index contributed by atoms with van der Waals surface area (Å²) < 4.78 is 0.978. The van der Waals surface area contributed by atoms with E-state index in [4.69, 9.17) is 0 Å². The smallest absolute Gasteiger partial charge is 0.286 e. The highest BCUT2D eigenvalue weighted by atomic mass is 16.5. The number of hydrogen-bond acceptors (Lipinski definition) is 3. The van der Waals surface area contributed by atoms with Crippen molar-refractivity contribution in [2.24, 2.45) is 0 Å². The molecule has 0 aromatic heterocycles. The highest BCUT2D eigenvalue weighted by molar-refractivity contribution is 5.87. The maximum Gasteiger partial charge on any atom is 0.286 e. The first kappa shape index (κ1) is 15.4. The zero-order valence-electron chi connectivity index (χ0n) is 13.6. The molecule has 0 radical (unpaired) electrons. The molecular weight excluding hydrogens is 288 g/mol. The molecule has 0 bridgehead atoms. The fraction of sp³-hybridized carbons (Fsp3) is 0.263. The lowest BCUT2D eigenvalue weighted by Crippen LogP contribution is -2.55. The first-order valence-electron chi connectivity index (χ1n) is 7.73. The van der Waals surface area contributed by atoms with Crippen LogP contribution in [-0.2, 0) is 0 Å². The van der Waals surface area contributed by atoms with E-state index in [-0.39, 0.29) is 0 Å². The van der Waals surface area contributed by atoms with Crippen molar-refractivity contribution in [3.8, 4) is 0 Å². The lowest BCUT2D eigenvalue weighted by Gasteiger charge is -2.49. The minimum Gasteiger partial charge on any atom is -0.758 e. The molecule has 4 nitrogen and oxygen atoms in total. The van der Waals surface area contributed by atoms with Gasteiger partial charge in [-0.3, -0.25) is 0 Å². The molecule has 0 amide bonds. The molecule has 0 N–H and O–H groups in total. The van der Waals surface area contributed by atoms with Crippen LogP contribution in [0.15, 0.2) is 60.7 Å². The Morgan fingerprint density at radius 3 is 1.96 bits per heavy atom. The first-order chi connectivity index (χ1) is 10.9. The zero-order chi connectivity index (χ0) is 16.6. The van der Waals surface area contributed by atoms with Crippen LogP contribution in [0.5, 0.6) is 0 Å². The van der Waals surface area contributed by atoms with Gasteiger partial charge in [0.2, 0.25) is 6.04 Å². The predicted octanol–water partition coefficient (Wildman–Crippen LogP) is 4.27. The Balaban J connectivity index is 2.32. The quantitative estimate of drug-likeness (QED) is 0.778. The molecule has 0 unspecified atom stereocenters. The van der Waals surface area contributed by atoms with Crippen molar-refractivity contribution in [2.75, 3.05) is 0 Å². The molecule has 1 aliphatic rings. The summed E-state index contributed by atoms with van der Waals surface area (Å²) in [6.07, 6.45) is 0. The summed E-state index contributed by atoms with van der Waals surface area (Å²) >= 11 is 0. The zero-order valence-corrected chi connectivity index (χ0v) is 13.6. The average molecular weight is 308 g/mol. The SMILES string of the molecule is C[C@H]1[N+](=O)C(c2ccccc2)=C(c2ccccc2)N([O-])C1(C)C. The van der Waals surface area contributed by atoms with Gasteiger partial charge < -0.3 is 10.3 Å². The van der Waals surface area contributed by atoms with Crippen LogP contribution in [0.2, 0.25) is 0 Å². The van der Waals surface area contributed by atoms with E-state index >= 15 is 0 Å². The van der Waals surface area contributed by atoms with Gasteiger partial charge in [0.05, 0.1) is 11.1 Å². The van der Waals surface area contributed by atoms with Crippen molar-refractivity contribution in [3.63, 3.8) is 0 Å². The maximum absolute atomic E-state index is 13.1. The van der Waals surface area contributed by atoms with Crippen LogP contribution in [0.4, 0.5) is 0 Å². The van der Waals surface area contributed by atoms with Gasteiger partial charge >= 0.3 is 0 Å². The molecule has 0 aliphatic carbocycles. The molecule has 0 saturated heterocycles. The Kier molecular flexibility index (Phi) is 3.78. The Labute approximate surface area is 136 Å². The van der Waals surface area contributed by atoms with E-state index in [1.165, 1.54) is 0 Å². The molecule has 2 aromatic rings. The normalized spacial score (nSPS) is 20.8. The van der Waals surface area contributed by atoms with Crippen molar-refractivity contribution in [3.05, 3.63) is 81.9 Å². The van der Waals surface area contributed by atoms with Gasteiger partial charge in [-0.05, 0) is 26.0 Å². The molecule has 3 rings (SSSR count). The van der Waals surface area contributed by atoms with Gasteiger partial charge in [-0.25, -0.2) is 0 Å². The molecule has 23 heavy (non-hydrogen) atoms. The minimum absolute atomic E-state index is 0.426. The lowest BCUT2D eigenvalue weighted by atomic mass is 9.88. The number of hydroxylamine groups is 2. The number of nitrogens with zero attached hydrogens (tertiary/aromatic N) is 2. The van der Waals surface area contributed by atoms with Gasteiger partial charge in [0.1, 0.15) is 5.70 Å². The van der Waals surface area contributed by atoms with E-state index in [0.717, 1.165) is 21.0 Å². The van der Waals surface area contributed by atoms with Gasteiger partial charge in [-0.1, -0.05) is 48.5 Å². The van der Waals surface area contributed by atoms with E-state index < -0.39 is 11.6 Å². The van der Waals surface area contributed by atoms with Gasteiger partial charge in [-0.15, -0.1) is 0 Å². The molecule has 0 fully saturated rings. The summed E-state index contributed by atoms with van der Waals surface area (Å²) in [5.74, 6) is 0. The van der Waals surface area contributed by atoms with Crippen LogP contribution in [0.1, 0.15) is 31.9 Å². The van der Waals surface area contributed by atoms with Crippen LogP contribution in [-0.4, -0.2) is 21.4 Å². The summed E-state index contributed by atoms with van der Waals surface area (Å²) in [4.78, 5) is 13.0. The third-order valence-electron chi connectivity index (χ3n) is 4.64. The first-order valence-corrected chi connectivity index (χ1v) is 7.73. The fourth-order valence-electron chi connectivity index (χ4n) is 2.85. The summed E-state index contributed by atoms with van der Waals surface area (Å²) in [5, 5.41) is 14.1. The van der Waals surface area contributed by atoms with Gasteiger partial charge in [0.25, 0.3) is 5.70 Å². The van der Waals surface area contributed by atoms with Crippen molar-refractivity contribution in [1.29, 1.82) is 0 Å². The van der Waals surface area contributed by atoms with Crippen molar-refractivity contribution in [1.82, 2.24) is 5.06 Å². The third kappa shape index (κ3) is 2.45. The van der Waals surface area contributed by atoms with Crippen molar-refractivity contribution in [2.45, 2.75) is 32.4 Å². The number of hydrogen-bond donors (Lipinski definition) is 0. The topological polar surface area (TPSA) is 46.4 Å².